The molecule has 0 unspecified atom stereocenters. The highest BCUT2D eigenvalue weighted by atomic mass is 35.5. The summed E-state index contributed by atoms with van der Waals surface area (Å²) in [6.07, 6.45) is 2.78. The largest absolute Gasteiger partial charge is 0.365 e. The molecule has 0 saturated carbocycles. The van der Waals surface area contributed by atoms with E-state index in [1.165, 1.54) is 12.3 Å². The number of amides is 1. The van der Waals surface area contributed by atoms with Crippen molar-refractivity contribution in [1.29, 1.82) is 0 Å². The molecule has 2 N–H and O–H groups in total. The van der Waals surface area contributed by atoms with Crippen molar-refractivity contribution in [3.63, 3.8) is 0 Å². The molecule has 1 aromatic carbocycles. The summed E-state index contributed by atoms with van der Waals surface area (Å²) in [5.74, 6) is -0.378. The van der Waals surface area contributed by atoms with E-state index >= 15 is 0 Å². The summed E-state index contributed by atoms with van der Waals surface area (Å²) in [6.45, 7) is 1.71. The Hall–Kier alpha value is -2.01. The van der Waals surface area contributed by atoms with Crippen molar-refractivity contribution in [2.75, 3.05) is 0 Å². The number of rotatable bonds is 2. The minimum Gasteiger partial charge on any atom is -0.365 e. The van der Waals surface area contributed by atoms with Gasteiger partial charge in [-0.05, 0) is 43.0 Å². The van der Waals surface area contributed by atoms with Crippen LogP contribution in [0.15, 0.2) is 18.3 Å². The number of halogens is 2. The highest BCUT2D eigenvalue weighted by molar-refractivity contribution is 6.30. The predicted molar refractivity (Wildman–Crippen MR) is 76.9 cm³/mol. The van der Waals surface area contributed by atoms with Crippen molar-refractivity contribution in [3.05, 3.63) is 57.4 Å². The zero-order valence-electron chi connectivity index (χ0n) is 11.4. The number of carbonyl (C=O) groups is 1. The molecule has 1 heterocycles. The molecule has 21 heavy (non-hydrogen) atoms. The number of primary amides is 1. The highest BCUT2D eigenvalue weighted by Crippen LogP contribution is 2.39. The van der Waals surface area contributed by atoms with Crippen LogP contribution in [-0.4, -0.2) is 15.9 Å². The van der Waals surface area contributed by atoms with E-state index < -0.39 is 5.91 Å². The molecule has 6 heteroatoms. The molecule has 0 fully saturated rings. The first kappa shape index (κ1) is 13.9. The van der Waals surface area contributed by atoms with Gasteiger partial charge in [0.1, 0.15) is 11.6 Å². The lowest BCUT2D eigenvalue weighted by Crippen LogP contribution is -2.16. The van der Waals surface area contributed by atoms with E-state index in [9.17, 15) is 9.18 Å². The van der Waals surface area contributed by atoms with E-state index in [4.69, 9.17) is 17.3 Å². The zero-order chi connectivity index (χ0) is 15.1. The third-order valence-corrected chi connectivity index (χ3v) is 4.05. The molecule has 0 saturated heterocycles. The predicted octanol–water partition coefficient (Wildman–Crippen LogP) is 2.75. The van der Waals surface area contributed by atoms with Gasteiger partial charge in [0.25, 0.3) is 5.91 Å². The molecule has 1 atom stereocenters. The van der Waals surface area contributed by atoms with Gasteiger partial charge in [0.05, 0.1) is 11.3 Å². The monoisotopic (exact) mass is 305 g/mol. The highest BCUT2D eigenvalue weighted by Gasteiger charge is 2.29. The second-order valence-corrected chi connectivity index (χ2v) is 5.57. The van der Waals surface area contributed by atoms with Crippen molar-refractivity contribution < 1.29 is 9.18 Å². The van der Waals surface area contributed by atoms with Crippen molar-refractivity contribution in [2.45, 2.75) is 25.7 Å². The summed E-state index contributed by atoms with van der Waals surface area (Å²) in [5, 5.41) is 0.364. The first-order valence-electron chi connectivity index (χ1n) is 6.58. The Balaban J connectivity index is 2.05. The van der Waals surface area contributed by atoms with Crippen LogP contribution in [0.1, 0.15) is 45.3 Å². The van der Waals surface area contributed by atoms with Crippen LogP contribution in [0.3, 0.4) is 0 Å². The molecule has 0 radical (unpaired) electrons. The van der Waals surface area contributed by atoms with Gasteiger partial charge in [-0.25, -0.2) is 14.4 Å². The van der Waals surface area contributed by atoms with Crippen LogP contribution in [0.2, 0.25) is 5.02 Å². The van der Waals surface area contributed by atoms with Crippen LogP contribution >= 0.6 is 11.6 Å². The van der Waals surface area contributed by atoms with Gasteiger partial charge in [-0.15, -0.1) is 0 Å². The van der Waals surface area contributed by atoms with Gasteiger partial charge in [0.2, 0.25) is 0 Å². The van der Waals surface area contributed by atoms with Crippen molar-refractivity contribution >= 4 is 17.5 Å². The van der Waals surface area contributed by atoms with Crippen LogP contribution in [0.4, 0.5) is 4.39 Å². The number of hydrogen-bond acceptors (Lipinski definition) is 3. The number of nitrogens with zero attached hydrogens (tertiary/aromatic N) is 2. The molecule has 0 aliphatic heterocycles. The molecule has 1 aliphatic carbocycles. The van der Waals surface area contributed by atoms with E-state index in [0.29, 0.717) is 34.1 Å². The lowest BCUT2D eigenvalue weighted by atomic mass is 10.00. The number of benzene rings is 1. The average Bonchev–Trinajstić information content (AvgIpc) is 2.82. The molecule has 0 spiro atoms. The van der Waals surface area contributed by atoms with Crippen LogP contribution in [0.25, 0.3) is 0 Å². The fraction of sp³-hybridized carbons (Fsp3) is 0.267. The molecule has 3 rings (SSSR count). The fourth-order valence-corrected chi connectivity index (χ4v) is 3.02. The molecule has 0 bridgehead atoms. The molecule has 1 aromatic heterocycles. The van der Waals surface area contributed by atoms with E-state index in [1.54, 1.807) is 13.0 Å². The minimum absolute atomic E-state index is 0.103. The van der Waals surface area contributed by atoms with Crippen molar-refractivity contribution in [3.8, 4) is 0 Å². The SMILES string of the molecule is Cc1nc([C@@H]2CCc3c(F)cc(Cl)cc32)ncc1C(N)=O. The van der Waals surface area contributed by atoms with Gasteiger partial charge >= 0.3 is 0 Å². The van der Waals surface area contributed by atoms with E-state index in [-0.39, 0.29) is 11.7 Å². The Morgan fingerprint density at radius 2 is 2.24 bits per heavy atom. The van der Waals surface area contributed by atoms with E-state index in [2.05, 4.69) is 9.97 Å². The van der Waals surface area contributed by atoms with Gasteiger partial charge in [0.15, 0.2) is 0 Å². The molecular formula is C15H13ClFN3O. The summed E-state index contributed by atoms with van der Waals surface area (Å²) < 4.78 is 13.9. The fourth-order valence-electron chi connectivity index (χ4n) is 2.81. The Morgan fingerprint density at radius 3 is 2.90 bits per heavy atom. The van der Waals surface area contributed by atoms with Crippen LogP contribution in [-0.2, 0) is 6.42 Å². The zero-order valence-corrected chi connectivity index (χ0v) is 12.1. The van der Waals surface area contributed by atoms with Gasteiger partial charge in [-0.3, -0.25) is 4.79 Å². The van der Waals surface area contributed by atoms with Crippen molar-refractivity contribution in [1.82, 2.24) is 9.97 Å². The van der Waals surface area contributed by atoms with Gasteiger partial charge < -0.3 is 5.73 Å². The Morgan fingerprint density at radius 1 is 1.48 bits per heavy atom. The smallest absolute Gasteiger partial charge is 0.252 e. The lowest BCUT2D eigenvalue weighted by Gasteiger charge is -2.12. The normalized spacial score (nSPS) is 16.8. The minimum atomic E-state index is -0.556. The summed E-state index contributed by atoms with van der Waals surface area (Å²) in [6, 6.07) is 3.09. The summed E-state index contributed by atoms with van der Waals surface area (Å²) in [7, 11) is 0. The van der Waals surface area contributed by atoms with Crippen molar-refractivity contribution in [2.24, 2.45) is 5.73 Å². The number of hydrogen-bond donors (Lipinski definition) is 1. The second-order valence-electron chi connectivity index (χ2n) is 5.14. The molecule has 4 nitrogen and oxygen atoms in total. The van der Waals surface area contributed by atoms with E-state index in [0.717, 1.165) is 12.0 Å². The Labute approximate surface area is 126 Å². The lowest BCUT2D eigenvalue weighted by molar-refractivity contribution is 0.0999. The third kappa shape index (κ3) is 2.38. The number of carbonyl (C=O) groups excluding carboxylic acids is 1. The molecular weight excluding hydrogens is 293 g/mol. The summed E-state index contributed by atoms with van der Waals surface area (Å²) >= 11 is 5.94. The Kier molecular flexibility index (Phi) is 3.37. The maximum absolute atomic E-state index is 13.9. The second kappa shape index (κ2) is 5.07. The Bertz CT molecular complexity index is 748. The molecule has 1 aliphatic rings. The first-order chi connectivity index (χ1) is 9.97. The van der Waals surface area contributed by atoms with Gasteiger partial charge in [-0.1, -0.05) is 11.6 Å². The van der Waals surface area contributed by atoms with Gasteiger partial charge in [0, 0.05) is 17.1 Å². The van der Waals surface area contributed by atoms with Gasteiger partial charge in [-0.2, -0.15) is 0 Å². The maximum atomic E-state index is 13.9. The van der Waals surface area contributed by atoms with Crippen LogP contribution in [0.5, 0.6) is 0 Å². The first-order valence-corrected chi connectivity index (χ1v) is 6.96. The maximum Gasteiger partial charge on any atom is 0.252 e. The standard InChI is InChI=1S/C15H13ClFN3O/c1-7-12(14(18)21)6-19-15(20-7)10-3-2-9-11(10)4-8(16)5-13(9)17/h4-6,10H,2-3H2,1H3,(H2,18,21)/t10-/m1/s1. The molecule has 1 amide bonds. The number of nitrogens with two attached hydrogens (primary N) is 1. The summed E-state index contributed by atoms with van der Waals surface area (Å²) in [4.78, 5) is 19.8. The van der Waals surface area contributed by atoms with Crippen LogP contribution < -0.4 is 5.73 Å². The molecule has 2 aromatic rings. The topological polar surface area (TPSA) is 68.9 Å². The molecule has 108 valence electrons. The summed E-state index contributed by atoms with van der Waals surface area (Å²) in [5.41, 5.74) is 7.58. The number of fused-ring (bicyclic) bond motifs is 1. The van der Waals surface area contributed by atoms with E-state index in [1.807, 2.05) is 0 Å². The quantitative estimate of drug-likeness (QED) is 0.927. The average molecular weight is 306 g/mol. The van der Waals surface area contributed by atoms with Crippen LogP contribution in [0, 0.1) is 12.7 Å². The third-order valence-electron chi connectivity index (χ3n) is 3.83. The number of aryl methyl sites for hydroxylation is 1. The number of aromatic nitrogens is 2.